The van der Waals surface area contributed by atoms with Gasteiger partial charge >= 0.3 is 0 Å². The predicted molar refractivity (Wildman–Crippen MR) is 63.4 cm³/mol. The lowest BCUT2D eigenvalue weighted by molar-refractivity contribution is 0.252. The van der Waals surface area contributed by atoms with Gasteiger partial charge < -0.3 is 5.11 Å². The van der Waals surface area contributed by atoms with E-state index in [0.29, 0.717) is 6.61 Å². The Bertz CT molecular complexity index is 112. The van der Waals surface area contributed by atoms with Crippen molar-refractivity contribution in [3.63, 3.8) is 0 Å². The number of unbranched alkanes of at least 4 members (excludes halogenated alkanes) is 3. The molecule has 0 aliphatic carbocycles. The first-order valence-corrected chi connectivity index (χ1v) is 6.33. The molecule has 86 valence electrons. The highest BCUT2D eigenvalue weighted by Crippen LogP contribution is 2.22. The average Bonchev–Trinajstić information content (AvgIpc) is 2.20. The monoisotopic (exact) mass is 200 g/mol. The Hall–Kier alpha value is -0.0400. The van der Waals surface area contributed by atoms with E-state index in [9.17, 15) is 0 Å². The Morgan fingerprint density at radius 1 is 0.857 bits per heavy atom. The van der Waals surface area contributed by atoms with Gasteiger partial charge in [0.05, 0.1) is 0 Å². The molecule has 14 heavy (non-hydrogen) atoms. The Morgan fingerprint density at radius 2 is 1.43 bits per heavy atom. The van der Waals surface area contributed by atoms with Gasteiger partial charge in [-0.2, -0.15) is 0 Å². The third-order valence-electron chi connectivity index (χ3n) is 3.30. The molecule has 0 aromatic carbocycles. The summed E-state index contributed by atoms with van der Waals surface area (Å²) >= 11 is 0. The smallest absolute Gasteiger partial charge is 0.0431 e. The fraction of sp³-hybridized carbons (Fsp3) is 1.00. The van der Waals surface area contributed by atoms with Crippen LogP contribution in [-0.4, -0.2) is 11.7 Å². The summed E-state index contributed by atoms with van der Waals surface area (Å²) in [6, 6.07) is 0. The van der Waals surface area contributed by atoms with Crippen LogP contribution in [0.15, 0.2) is 0 Å². The van der Waals surface area contributed by atoms with E-state index in [4.69, 9.17) is 5.11 Å². The van der Waals surface area contributed by atoms with Crippen molar-refractivity contribution in [2.45, 2.75) is 65.7 Å². The SMILES string of the molecule is CCCCCCC(C)C(C)CCCO. The van der Waals surface area contributed by atoms with Crippen molar-refractivity contribution in [1.29, 1.82) is 0 Å². The third kappa shape index (κ3) is 7.37. The predicted octanol–water partition coefficient (Wildman–Crippen LogP) is 4.00. The maximum Gasteiger partial charge on any atom is 0.0431 e. The summed E-state index contributed by atoms with van der Waals surface area (Å²) < 4.78 is 0. The molecule has 2 unspecified atom stereocenters. The third-order valence-corrected chi connectivity index (χ3v) is 3.30. The van der Waals surface area contributed by atoms with Crippen molar-refractivity contribution in [3.05, 3.63) is 0 Å². The largest absolute Gasteiger partial charge is 0.396 e. The summed E-state index contributed by atoms with van der Waals surface area (Å²) in [7, 11) is 0. The molecule has 0 aliphatic rings. The van der Waals surface area contributed by atoms with Crippen LogP contribution >= 0.6 is 0 Å². The molecule has 0 aromatic rings. The highest BCUT2D eigenvalue weighted by molar-refractivity contribution is 4.62. The number of rotatable bonds is 9. The highest BCUT2D eigenvalue weighted by Gasteiger charge is 2.10. The Balaban J connectivity index is 3.36. The second-order valence-electron chi connectivity index (χ2n) is 4.67. The molecule has 0 radical (unpaired) electrons. The van der Waals surface area contributed by atoms with Crippen LogP contribution in [0.5, 0.6) is 0 Å². The molecule has 0 aliphatic heterocycles. The lowest BCUT2D eigenvalue weighted by Crippen LogP contribution is -2.08. The Morgan fingerprint density at radius 3 is 1.93 bits per heavy atom. The zero-order chi connectivity index (χ0) is 10.8. The molecular weight excluding hydrogens is 172 g/mol. The van der Waals surface area contributed by atoms with Crippen molar-refractivity contribution >= 4 is 0 Å². The van der Waals surface area contributed by atoms with Gasteiger partial charge in [-0.15, -0.1) is 0 Å². The van der Waals surface area contributed by atoms with Gasteiger partial charge in [0.15, 0.2) is 0 Å². The first-order valence-electron chi connectivity index (χ1n) is 6.33. The number of aliphatic hydroxyl groups excluding tert-OH is 1. The van der Waals surface area contributed by atoms with Crippen molar-refractivity contribution < 1.29 is 5.11 Å². The van der Waals surface area contributed by atoms with Gasteiger partial charge in [0.2, 0.25) is 0 Å². The molecule has 0 fully saturated rings. The van der Waals surface area contributed by atoms with E-state index in [2.05, 4.69) is 20.8 Å². The van der Waals surface area contributed by atoms with Crippen LogP contribution in [0.25, 0.3) is 0 Å². The van der Waals surface area contributed by atoms with E-state index in [1.54, 1.807) is 0 Å². The quantitative estimate of drug-likeness (QED) is 0.558. The molecule has 1 heteroatoms. The van der Waals surface area contributed by atoms with Gasteiger partial charge in [0, 0.05) is 6.61 Å². The molecule has 1 nitrogen and oxygen atoms in total. The summed E-state index contributed by atoms with van der Waals surface area (Å²) in [5.74, 6) is 1.61. The molecular formula is C13H28O. The van der Waals surface area contributed by atoms with Crippen molar-refractivity contribution in [3.8, 4) is 0 Å². The summed E-state index contributed by atoms with van der Waals surface area (Å²) in [6.45, 7) is 7.29. The second kappa shape index (κ2) is 9.51. The van der Waals surface area contributed by atoms with Crippen LogP contribution in [0.4, 0.5) is 0 Å². The fourth-order valence-corrected chi connectivity index (χ4v) is 1.88. The summed E-state index contributed by atoms with van der Waals surface area (Å²) in [5.41, 5.74) is 0. The van der Waals surface area contributed by atoms with Gasteiger partial charge in [-0.1, -0.05) is 52.9 Å². The van der Waals surface area contributed by atoms with Gasteiger partial charge in [0.1, 0.15) is 0 Å². The van der Waals surface area contributed by atoms with Crippen LogP contribution in [0.3, 0.4) is 0 Å². The minimum Gasteiger partial charge on any atom is -0.396 e. The van der Waals surface area contributed by atoms with Crippen LogP contribution in [-0.2, 0) is 0 Å². The lowest BCUT2D eigenvalue weighted by atomic mass is 9.87. The second-order valence-corrected chi connectivity index (χ2v) is 4.67. The van der Waals surface area contributed by atoms with E-state index in [1.807, 2.05) is 0 Å². The molecule has 0 amide bonds. The Kier molecular flexibility index (Phi) is 9.49. The lowest BCUT2D eigenvalue weighted by Gasteiger charge is -2.19. The molecule has 0 bridgehead atoms. The first kappa shape index (κ1) is 14.0. The minimum absolute atomic E-state index is 0.354. The van der Waals surface area contributed by atoms with Gasteiger partial charge in [-0.05, 0) is 24.7 Å². The molecule has 1 N–H and O–H groups in total. The summed E-state index contributed by atoms with van der Waals surface area (Å²) in [4.78, 5) is 0. The van der Waals surface area contributed by atoms with Crippen molar-refractivity contribution in [2.24, 2.45) is 11.8 Å². The van der Waals surface area contributed by atoms with Crippen molar-refractivity contribution in [2.75, 3.05) is 6.61 Å². The fourth-order valence-electron chi connectivity index (χ4n) is 1.88. The molecule has 2 atom stereocenters. The van der Waals surface area contributed by atoms with Crippen molar-refractivity contribution in [1.82, 2.24) is 0 Å². The molecule has 0 saturated heterocycles. The number of aliphatic hydroxyl groups is 1. The first-order chi connectivity index (χ1) is 6.72. The average molecular weight is 200 g/mol. The van der Waals surface area contributed by atoms with Crippen LogP contribution in [0.2, 0.25) is 0 Å². The van der Waals surface area contributed by atoms with Gasteiger partial charge in [-0.25, -0.2) is 0 Å². The zero-order valence-corrected chi connectivity index (χ0v) is 10.3. The highest BCUT2D eigenvalue weighted by atomic mass is 16.2. The van der Waals surface area contributed by atoms with Crippen LogP contribution in [0, 0.1) is 11.8 Å². The number of hydrogen-bond acceptors (Lipinski definition) is 1. The Labute approximate surface area is 89.9 Å². The number of hydrogen-bond donors (Lipinski definition) is 1. The summed E-state index contributed by atoms with van der Waals surface area (Å²) in [6.07, 6.45) is 9.02. The maximum absolute atomic E-state index is 8.74. The molecule has 0 spiro atoms. The topological polar surface area (TPSA) is 20.2 Å². The minimum atomic E-state index is 0.354. The van der Waals surface area contributed by atoms with Gasteiger partial charge in [0.25, 0.3) is 0 Å². The van der Waals surface area contributed by atoms with Crippen LogP contribution < -0.4 is 0 Å². The maximum atomic E-state index is 8.74. The molecule has 0 saturated carbocycles. The van der Waals surface area contributed by atoms with E-state index in [1.165, 1.54) is 38.5 Å². The molecule has 0 rings (SSSR count). The molecule has 0 heterocycles. The van der Waals surface area contributed by atoms with Gasteiger partial charge in [-0.3, -0.25) is 0 Å². The standard InChI is InChI=1S/C13H28O/c1-4-5-6-7-9-12(2)13(3)10-8-11-14/h12-14H,4-11H2,1-3H3. The van der Waals surface area contributed by atoms with Crippen LogP contribution in [0.1, 0.15) is 65.7 Å². The van der Waals surface area contributed by atoms with E-state index < -0.39 is 0 Å². The normalized spacial score (nSPS) is 15.4. The van der Waals surface area contributed by atoms with E-state index in [0.717, 1.165) is 18.3 Å². The molecule has 0 aromatic heterocycles. The summed E-state index contributed by atoms with van der Waals surface area (Å²) in [5, 5.41) is 8.74. The van der Waals surface area contributed by atoms with E-state index in [-0.39, 0.29) is 0 Å². The zero-order valence-electron chi connectivity index (χ0n) is 10.3. The van der Waals surface area contributed by atoms with E-state index >= 15 is 0 Å².